The Labute approximate surface area is 94.2 Å². The largest absolute Gasteiger partial charge is 0.480 e. The van der Waals surface area contributed by atoms with Gasteiger partial charge in [0.2, 0.25) is 0 Å². The van der Waals surface area contributed by atoms with Crippen LogP contribution in [0.2, 0.25) is 0 Å². The van der Waals surface area contributed by atoms with E-state index in [2.05, 4.69) is 5.32 Å². The first-order valence-corrected chi connectivity index (χ1v) is 5.72. The minimum Gasteiger partial charge on any atom is -0.480 e. The van der Waals surface area contributed by atoms with Crippen molar-refractivity contribution in [1.29, 1.82) is 0 Å². The van der Waals surface area contributed by atoms with Gasteiger partial charge in [-0.05, 0) is 32.1 Å². The van der Waals surface area contributed by atoms with Crippen molar-refractivity contribution in [3.05, 3.63) is 0 Å². The van der Waals surface area contributed by atoms with Crippen molar-refractivity contribution in [3.63, 3.8) is 0 Å². The number of carbonyl (C=O) groups excluding carboxylic acids is 1. The number of hydrogen-bond acceptors (Lipinski definition) is 2. The van der Waals surface area contributed by atoms with Crippen LogP contribution in [0.15, 0.2) is 0 Å². The number of alkyl halides is 1. The lowest BCUT2D eigenvalue weighted by Crippen LogP contribution is -2.50. The van der Waals surface area contributed by atoms with Crippen LogP contribution in [-0.4, -0.2) is 28.7 Å². The molecule has 0 heterocycles. The normalized spacial score (nSPS) is 21.1. The maximum Gasteiger partial charge on any atom is 0.326 e. The van der Waals surface area contributed by atoms with Gasteiger partial charge in [0.1, 0.15) is 6.04 Å². The van der Waals surface area contributed by atoms with Gasteiger partial charge in [-0.2, -0.15) is 0 Å². The fraction of sp³-hybridized carbons (Fsp3) is 0.818. The molecule has 92 valence electrons. The topological polar surface area (TPSA) is 66.4 Å². The van der Waals surface area contributed by atoms with Crippen LogP contribution in [0, 0.1) is 0 Å². The number of carboxylic acids is 1. The van der Waals surface area contributed by atoms with Crippen molar-refractivity contribution in [2.45, 2.75) is 57.2 Å². The Kier molecular flexibility index (Phi) is 4.26. The molecular formula is C11H18FNO3. The molecule has 0 bridgehead atoms. The molecule has 0 aromatic carbocycles. The molecular weight excluding hydrogens is 213 g/mol. The standard InChI is InChI=1S/C11H18FNO3/c1-2-8(9(14)15)13-10(16)11(12)6-4-3-5-7-11/h8H,2-7H2,1H3,(H,13,16)(H,14,15). The van der Waals surface area contributed by atoms with E-state index in [1.807, 2.05) is 0 Å². The highest BCUT2D eigenvalue weighted by atomic mass is 19.1. The first-order chi connectivity index (χ1) is 7.49. The molecule has 2 N–H and O–H groups in total. The summed E-state index contributed by atoms with van der Waals surface area (Å²) < 4.78 is 14.1. The van der Waals surface area contributed by atoms with E-state index in [0.717, 1.165) is 6.42 Å². The molecule has 0 aromatic heterocycles. The van der Waals surface area contributed by atoms with Crippen molar-refractivity contribution >= 4 is 11.9 Å². The zero-order valence-corrected chi connectivity index (χ0v) is 9.46. The fourth-order valence-corrected chi connectivity index (χ4v) is 1.97. The molecule has 1 saturated carbocycles. The third-order valence-corrected chi connectivity index (χ3v) is 3.06. The lowest BCUT2D eigenvalue weighted by molar-refractivity contribution is -0.145. The molecule has 1 atom stereocenters. The monoisotopic (exact) mass is 231 g/mol. The third kappa shape index (κ3) is 2.93. The number of aliphatic carboxylic acids is 1. The minimum atomic E-state index is -1.86. The second-order valence-electron chi connectivity index (χ2n) is 4.30. The Balaban J connectivity index is 2.59. The van der Waals surface area contributed by atoms with Gasteiger partial charge in [-0.3, -0.25) is 4.79 Å². The van der Waals surface area contributed by atoms with Crippen LogP contribution in [0.1, 0.15) is 45.4 Å². The Hall–Kier alpha value is -1.13. The summed E-state index contributed by atoms with van der Waals surface area (Å²) in [6.07, 6.45) is 2.98. The van der Waals surface area contributed by atoms with Gasteiger partial charge in [-0.1, -0.05) is 13.3 Å². The highest BCUT2D eigenvalue weighted by Crippen LogP contribution is 2.32. The Morgan fingerprint density at radius 2 is 1.94 bits per heavy atom. The summed E-state index contributed by atoms with van der Waals surface area (Å²) in [5, 5.41) is 11.0. The Bertz CT molecular complexity index is 274. The number of nitrogens with one attached hydrogen (secondary N) is 1. The van der Waals surface area contributed by atoms with Crippen LogP contribution in [0.4, 0.5) is 4.39 Å². The second kappa shape index (κ2) is 5.27. The predicted octanol–water partition coefficient (Wildman–Crippen LogP) is 1.64. The van der Waals surface area contributed by atoms with Crippen molar-refractivity contribution in [2.24, 2.45) is 0 Å². The maximum absolute atomic E-state index is 14.1. The molecule has 0 radical (unpaired) electrons. The van der Waals surface area contributed by atoms with Crippen molar-refractivity contribution in [2.75, 3.05) is 0 Å². The van der Waals surface area contributed by atoms with E-state index in [-0.39, 0.29) is 19.3 Å². The molecule has 16 heavy (non-hydrogen) atoms. The van der Waals surface area contributed by atoms with Gasteiger partial charge in [0.25, 0.3) is 5.91 Å². The van der Waals surface area contributed by atoms with Crippen molar-refractivity contribution in [1.82, 2.24) is 5.32 Å². The highest BCUT2D eigenvalue weighted by molar-refractivity contribution is 5.89. The molecule has 0 saturated heterocycles. The van der Waals surface area contributed by atoms with E-state index in [4.69, 9.17) is 5.11 Å². The molecule has 0 aliphatic heterocycles. The summed E-state index contributed by atoms with van der Waals surface area (Å²) in [6.45, 7) is 1.64. The summed E-state index contributed by atoms with van der Waals surface area (Å²) in [4.78, 5) is 22.4. The number of hydrogen-bond donors (Lipinski definition) is 2. The van der Waals surface area contributed by atoms with E-state index < -0.39 is 23.6 Å². The fourth-order valence-electron chi connectivity index (χ4n) is 1.97. The Morgan fingerprint density at radius 1 is 1.38 bits per heavy atom. The molecule has 0 aromatic rings. The lowest BCUT2D eigenvalue weighted by atomic mass is 9.85. The molecule has 1 aliphatic rings. The first-order valence-electron chi connectivity index (χ1n) is 5.72. The molecule has 1 unspecified atom stereocenters. The summed E-state index contributed by atoms with van der Waals surface area (Å²) in [7, 11) is 0. The van der Waals surface area contributed by atoms with Gasteiger partial charge in [-0.15, -0.1) is 0 Å². The smallest absolute Gasteiger partial charge is 0.326 e. The van der Waals surface area contributed by atoms with Crippen molar-refractivity contribution in [3.8, 4) is 0 Å². The van der Waals surface area contributed by atoms with Gasteiger partial charge in [0.15, 0.2) is 5.67 Å². The third-order valence-electron chi connectivity index (χ3n) is 3.06. The van der Waals surface area contributed by atoms with Gasteiger partial charge in [0.05, 0.1) is 0 Å². The first kappa shape index (κ1) is 12.9. The number of amides is 1. The zero-order valence-electron chi connectivity index (χ0n) is 9.46. The van der Waals surface area contributed by atoms with E-state index >= 15 is 0 Å². The zero-order chi connectivity index (χ0) is 12.2. The predicted molar refractivity (Wildman–Crippen MR) is 56.8 cm³/mol. The van der Waals surface area contributed by atoms with Crippen molar-refractivity contribution < 1.29 is 19.1 Å². The molecule has 1 amide bonds. The van der Waals surface area contributed by atoms with Crippen LogP contribution in [0.3, 0.4) is 0 Å². The quantitative estimate of drug-likeness (QED) is 0.773. The minimum absolute atomic E-state index is 0.203. The highest BCUT2D eigenvalue weighted by Gasteiger charge is 2.40. The number of rotatable bonds is 4. The van der Waals surface area contributed by atoms with Gasteiger partial charge >= 0.3 is 5.97 Å². The molecule has 1 fully saturated rings. The van der Waals surface area contributed by atoms with E-state index in [1.54, 1.807) is 6.92 Å². The maximum atomic E-state index is 14.1. The van der Waals surface area contributed by atoms with E-state index in [9.17, 15) is 14.0 Å². The van der Waals surface area contributed by atoms with Crippen LogP contribution in [0.25, 0.3) is 0 Å². The number of carboxylic acid groups (broad SMARTS) is 1. The molecule has 1 rings (SSSR count). The molecule has 1 aliphatic carbocycles. The summed E-state index contributed by atoms with van der Waals surface area (Å²) in [5.74, 6) is -1.88. The van der Waals surface area contributed by atoms with Crippen LogP contribution < -0.4 is 5.32 Å². The molecule has 0 spiro atoms. The summed E-state index contributed by atoms with van der Waals surface area (Å²) >= 11 is 0. The van der Waals surface area contributed by atoms with E-state index in [0.29, 0.717) is 12.8 Å². The SMILES string of the molecule is CCC(NC(=O)C1(F)CCCCC1)C(=O)O. The van der Waals surface area contributed by atoms with Gasteiger partial charge in [0, 0.05) is 0 Å². The molecule has 4 nitrogen and oxygen atoms in total. The number of halogens is 1. The summed E-state index contributed by atoms with van der Waals surface area (Å²) in [5.41, 5.74) is -1.86. The average molecular weight is 231 g/mol. The lowest BCUT2D eigenvalue weighted by Gasteiger charge is -2.29. The van der Waals surface area contributed by atoms with Gasteiger partial charge < -0.3 is 10.4 Å². The van der Waals surface area contributed by atoms with Crippen LogP contribution in [0.5, 0.6) is 0 Å². The Morgan fingerprint density at radius 3 is 2.38 bits per heavy atom. The van der Waals surface area contributed by atoms with E-state index in [1.165, 1.54) is 0 Å². The second-order valence-corrected chi connectivity index (χ2v) is 4.30. The van der Waals surface area contributed by atoms with Crippen LogP contribution >= 0.6 is 0 Å². The number of carbonyl (C=O) groups is 2. The average Bonchev–Trinajstić information content (AvgIpc) is 2.26. The van der Waals surface area contributed by atoms with Crippen LogP contribution in [-0.2, 0) is 9.59 Å². The molecule has 5 heteroatoms. The summed E-state index contributed by atoms with van der Waals surface area (Å²) in [6, 6.07) is -0.984. The van der Waals surface area contributed by atoms with Gasteiger partial charge in [-0.25, -0.2) is 9.18 Å².